The van der Waals surface area contributed by atoms with E-state index in [4.69, 9.17) is 0 Å². The van der Waals surface area contributed by atoms with Gasteiger partial charge < -0.3 is 5.32 Å². The lowest BCUT2D eigenvalue weighted by Crippen LogP contribution is -2.51. The number of pyridine rings is 1. The first kappa shape index (κ1) is 14.2. The molecule has 0 saturated carbocycles. The minimum Gasteiger partial charge on any atom is -0.333 e. The highest BCUT2D eigenvalue weighted by Gasteiger charge is 2.17. The van der Waals surface area contributed by atoms with Crippen LogP contribution in [0.2, 0.25) is 0 Å². The molecule has 0 aliphatic heterocycles. The number of imide groups is 1. The Bertz CT molecular complexity index is 433. The second-order valence-corrected chi connectivity index (χ2v) is 5.30. The quantitative estimate of drug-likeness (QED) is 0.766. The molecule has 0 aliphatic rings. The van der Waals surface area contributed by atoms with Gasteiger partial charge >= 0.3 is 6.03 Å². The van der Waals surface area contributed by atoms with Gasteiger partial charge in [-0.1, -0.05) is 0 Å². The van der Waals surface area contributed by atoms with Gasteiger partial charge in [0.25, 0.3) is 5.91 Å². The average Bonchev–Trinajstić information content (AvgIpc) is 2.18. The second kappa shape index (κ2) is 5.62. The minimum atomic E-state index is -0.472. The summed E-state index contributed by atoms with van der Waals surface area (Å²) < 4.78 is 1.71. The van der Waals surface area contributed by atoms with E-state index in [1.807, 2.05) is 39.8 Å². The fraction of sp³-hybridized carbons (Fsp3) is 0.462. The van der Waals surface area contributed by atoms with Gasteiger partial charge in [0.15, 0.2) is 12.4 Å². The highest BCUT2D eigenvalue weighted by Crippen LogP contribution is 1.97. The van der Waals surface area contributed by atoms with Crippen molar-refractivity contribution in [1.29, 1.82) is 0 Å². The summed E-state index contributed by atoms with van der Waals surface area (Å²) in [7, 11) is 0. The number of rotatable bonds is 2. The number of aryl methyl sites for hydroxylation is 1. The first-order valence-electron chi connectivity index (χ1n) is 5.84. The molecule has 1 aromatic rings. The third-order valence-electron chi connectivity index (χ3n) is 2.13. The third kappa shape index (κ3) is 5.43. The van der Waals surface area contributed by atoms with E-state index in [0.29, 0.717) is 0 Å². The molecular weight excluding hydrogens is 230 g/mol. The van der Waals surface area contributed by atoms with Crippen molar-refractivity contribution >= 4 is 11.9 Å². The lowest BCUT2D eigenvalue weighted by atomic mass is 10.1. The van der Waals surface area contributed by atoms with Gasteiger partial charge in [-0.3, -0.25) is 10.1 Å². The summed E-state index contributed by atoms with van der Waals surface area (Å²) in [6, 6.07) is 3.34. The third-order valence-corrected chi connectivity index (χ3v) is 2.13. The van der Waals surface area contributed by atoms with Crippen molar-refractivity contribution in [3.63, 3.8) is 0 Å². The molecule has 0 aliphatic carbocycles. The van der Waals surface area contributed by atoms with E-state index >= 15 is 0 Å². The molecule has 0 aromatic carbocycles. The summed E-state index contributed by atoms with van der Waals surface area (Å²) in [4.78, 5) is 23.1. The van der Waals surface area contributed by atoms with E-state index in [1.165, 1.54) is 0 Å². The normalized spacial score (nSPS) is 10.9. The van der Waals surface area contributed by atoms with Gasteiger partial charge in [-0.2, -0.15) is 4.57 Å². The molecule has 0 unspecified atom stereocenters. The molecular formula is C13H20N3O2+. The van der Waals surface area contributed by atoms with Gasteiger partial charge in [0.05, 0.1) is 0 Å². The fourth-order valence-electron chi connectivity index (χ4n) is 1.34. The second-order valence-electron chi connectivity index (χ2n) is 5.30. The van der Waals surface area contributed by atoms with Crippen LogP contribution in [0.5, 0.6) is 0 Å². The molecule has 2 N–H and O–H groups in total. The molecule has 0 fully saturated rings. The molecule has 0 saturated heterocycles. The number of carbonyl (C=O) groups is 2. The van der Waals surface area contributed by atoms with E-state index < -0.39 is 6.03 Å². The zero-order chi connectivity index (χ0) is 13.8. The molecule has 5 heteroatoms. The van der Waals surface area contributed by atoms with Crippen LogP contribution in [-0.4, -0.2) is 17.5 Å². The SMILES string of the molecule is Cc1cc[n+](CC(=O)NC(=O)NC(C)(C)C)cc1. The summed E-state index contributed by atoms with van der Waals surface area (Å²) in [6.07, 6.45) is 3.60. The lowest BCUT2D eigenvalue weighted by molar-refractivity contribution is -0.684. The molecule has 0 atom stereocenters. The Labute approximate surface area is 107 Å². The molecule has 3 amide bonds. The van der Waals surface area contributed by atoms with Crippen molar-refractivity contribution < 1.29 is 14.2 Å². The van der Waals surface area contributed by atoms with Crippen LogP contribution in [0.3, 0.4) is 0 Å². The molecule has 0 bridgehead atoms. The van der Waals surface area contributed by atoms with Gasteiger partial charge in [-0.15, -0.1) is 0 Å². The fourth-order valence-corrected chi connectivity index (χ4v) is 1.34. The van der Waals surface area contributed by atoms with Crippen LogP contribution >= 0.6 is 0 Å². The lowest BCUT2D eigenvalue weighted by Gasteiger charge is -2.19. The Morgan fingerprint density at radius 2 is 1.78 bits per heavy atom. The van der Waals surface area contributed by atoms with Crippen molar-refractivity contribution in [2.24, 2.45) is 0 Å². The van der Waals surface area contributed by atoms with Crippen LogP contribution in [0.25, 0.3) is 0 Å². The topological polar surface area (TPSA) is 62.1 Å². The van der Waals surface area contributed by atoms with Crippen molar-refractivity contribution in [2.75, 3.05) is 0 Å². The van der Waals surface area contributed by atoms with Crippen LogP contribution in [0.1, 0.15) is 26.3 Å². The number of carbonyl (C=O) groups excluding carboxylic acids is 2. The summed E-state index contributed by atoms with van der Waals surface area (Å²) in [5.41, 5.74) is 0.763. The number of urea groups is 1. The van der Waals surface area contributed by atoms with E-state index in [9.17, 15) is 9.59 Å². The minimum absolute atomic E-state index is 0.123. The summed E-state index contributed by atoms with van der Waals surface area (Å²) in [5, 5.41) is 4.95. The highest BCUT2D eigenvalue weighted by molar-refractivity contribution is 5.93. The predicted octanol–water partition coefficient (Wildman–Crippen LogP) is 0.907. The Morgan fingerprint density at radius 1 is 1.22 bits per heavy atom. The van der Waals surface area contributed by atoms with E-state index in [-0.39, 0.29) is 18.0 Å². The number of nitrogens with one attached hydrogen (secondary N) is 2. The number of nitrogens with zero attached hydrogens (tertiary/aromatic N) is 1. The summed E-state index contributed by atoms with van der Waals surface area (Å²) in [5.74, 6) is -0.342. The zero-order valence-electron chi connectivity index (χ0n) is 11.3. The number of amides is 3. The zero-order valence-corrected chi connectivity index (χ0v) is 11.3. The van der Waals surface area contributed by atoms with Crippen molar-refractivity contribution in [3.8, 4) is 0 Å². The maximum atomic E-state index is 11.6. The Balaban J connectivity index is 2.47. The maximum Gasteiger partial charge on any atom is 0.322 e. The van der Waals surface area contributed by atoms with Crippen LogP contribution in [0.15, 0.2) is 24.5 Å². The molecule has 98 valence electrons. The van der Waals surface area contributed by atoms with Gasteiger partial charge in [-0.25, -0.2) is 4.79 Å². The van der Waals surface area contributed by atoms with Crippen LogP contribution in [0, 0.1) is 6.92 Å². The van der Waals surface area contributed by atoms with Crippen molar-refractivity contribution in [3.05, 3.63) is 30.1 Å². The van der Waals surface area contributed by atoms with Crippen molar-refractivity contribution in [1.82, 2.24) is 10.6 Å². The number of hydrogen-bond donors (Lipinski definition) is 2. The Hall–Kier alpha value is -1.91. The van der Waals surface area contributed by atoms with Crippen molar-refractivity contribution in [2.45, 2.75) is 39.8 Å². The molecule has 1 rings (SSSR count). The van der Waals surface area contributed by atoms with Gasteiger partial charge in [-0.05, 0) is 33.3 Å². The smallest absolute Gasteiger partial charge is 0.322 e. The van der Waals surface area contributed by atoms with Gasteiger partial charge in [0, 0.05) is 17.7 Å². The average molecular weight is 250 g/mol. The Morgan fingerprint density at radius 3 is 2.28 bits per heavy atom. The summed E-state index contributed by atoms with van der Waals surface area (Å²) in [6.45, 7) is 7.66. The van der Waals surface area contributed by atoms with E-state index in [0.717, 1.165) is 5.56 Å². The molecule has 18 heavy (non-hydrogen) atoms. The molecule has 0 radical (unpaired) electrons. The van der Waals surface area contributed by atoms with Crippen LogP contribution in [-0.2, 0) is 11.3 Å². The first-order valence-corrected chi connectivity index (χ1v) is 5.84. The monoisotopic (exact) mass is 250 g/mol. The molecule has 5 nitrogen and oxygen atoms in total. The molecule has 1 aromatic heterocycles. The van der Waals surface area contributed by atoms with Crippen LogP contribution in [0.4, 0.5) is 4.79 Å². The molecule has 1 heterocycles. The standard InChI is InChI=1S/C13H19N3O2/c1-10-5-7-16(8-6-10)9-11(17)14-12(18)15-13(2,3)4/h5-8H,9H2,1-4H3,(H-,14,15,17,18)/p+1. The first-order chi connectivity index (χ1) is 8.26. The van der Waals surface area contributed by atoms with E-state index in [2.05, 4.69) is 10.6 Å². The van der Waals surface area contributed by atoms with Crippen LogP contribution < -0.4 is 15.2 Å². The predicted molar refractivity (Wildman–Crippen MR) is 67.8 cm³/mol. The largest absolute Gasteiger partial charge is 0.333 e. The number of hydrogen-bond acceptors (Lipinski definition) is 2. The molecule has 0 spiro atoms. The highest BCUT2D eigenvalue weighted by atomic mass is 16.2. The van der Waals surface area contributed by atoms with Gasteiger partial charge in [0.1, 0.15) is 0 Å². The summed E-state index contributed by atoms with van der Waals surface area (Å²) >= 11 is 0. The Kier molecular flexibility index (Phi) is 4.42. The number of aromatic nitrogens is 1. The maximum absolute atomic E-state index is 11.6. The van der Waals surface area contributed by atoms with Gasteiger partial charge in [0.2, 0.25) is 6.54 Å². The van der Waals surface area contributed by atoms with E-state index in [1.54, 1.807) is 17.0 Å².